The van der Waals surface area contributed by atoms with Gasteiger partial charge in [-0.05, 0) is 90.5 Å². The lowest BCUT2D eigenvalue weighted by molar-refractivity contribution is -0.151. The van der Waals surface area contributed by atoms with Crippen LogP contribution in [-0.2, 0) is 44.2 Å². The highest BCUT2D eigenvalue weighted by molar-refractivity contribution is 9.10. The molecule has 0 aliphatic carbocycles. The number of methoxy groups -OCH3 is 1. The predicted molar refractivity (Wildman–Crippen MR) is 227 cm³/mol. The second kappa shape index (κ2) is 15.8. The van der Waals surface area contributed by atoms with Crippen LogP contribution in [0.25, 0.3) is 0 Å². The normalized spacial score (nSPS) is 25.4. The van der Waals surface area contributed by atoms with E-state index in [1.165, 1.54) is 5.19 Å². The molecule has 12 heteroatoms. The van der Waals surface area contributed by atoms with Crippen molar-refractivity contribution in [3.8, 4) is 5.75 Å². The van der Waals surface area contributed by atoms with Crippen LogP contribution in [0.1, 0.15) is 48.4 Å². The Morgan fingerprint density at radius 3 is 2.53 bits per heavy atom. The van der Waals surface area contributed by atoms with E-state index in [9.17, 15) is 14.7 Å². The molecule has 4 heterocycles. The standard InChI is InChI=1S/C45H51BrN4O6Si/c1-28-42(57(3,4)36-17-15-35(55-2)16-18-36)40(24-41(52)49-26-31-11-6-5-10-30(31)22-34(49)27-51)56-45(28)37-23-32(46)14-19-39(37)50(44(45)54)25-29-9-7-12-33(21-29)48-43(53)38-13-8-20-47-38/h5-7,9-12,14-19,21,23,28,34,38,40,42,47,51H,8,13,20,22,24-27H2,1-4H3,(H,48,53)/t28-,34-,38+,40+,42-,45+/m0/s1. The minimum atomic E-state index is -2.52. The van der Waals surface area contributed by atoms with Crippen LogP contribution in [0, 0.1) is 5.92 Å². The molecule has 0 saturated carbocycles. The number of hydrogen-bond donors (Lipinski definition) is 3. The smallest absolute Gasteiger partial charge is 0.264 e. The van der Waals surface area contributed by atoms with Crippen LogP contribution in [0.5, 0.6) is 5.75 Å². The molecule has 4 aromatic carbocycles. The van der Waals surface area contributed by atoms with Crippen LogP contribution < -0.4 is 25.5 Å². The number of fused-ring (bicyclic) bond motifs is 3. The van der Waals surface area contributed by atoms with Gasteiger partial charge >= 0.3 is 0 Å². The number of benzene rings is 4. The van der Waals surface area contributed by atoms with Gasteiger partial charge in [0.05, 0.1) is 58.6 Å². The second-order valence-corrected chi connectivity index (χ2v) is 22.2. The molecule has 298 valence electrons. The van der Waals surface area contributed by atoms with Gasteiger partial charge in [0.15, 0.2) is 5.60 Å². The second-order valence-electron chi connectivity index (χ2n) is 16.6. The van der Waals surface area contributed by atoms with Gasteiger partial charge in [-0.25, -0.2) is 0 Å². The molecule has 4 aliphatic heterocycles. The Kier molecular flexibility index (Phi) is 10.9. The van der Waals surface area contributed by atoms with Gasteiger partial charge in [-0.15, -0.1) is 0 Å². The number of anilines is 2. The molecule has 57 heavy (non-hydrogen) atoms. The highest BCUT2D eigenvalue weighted by Crippen LogP contribution is 2.60. The van der Waals surface area contributed by atoms with Crippen molar-refractivity contribution < 1.29 is 29.0 Å². The van der Waals surface area contributed by atoms with Crippen LogP contribution in [-0.4, -0.2) is 74.3 Å². The van der Waals surface area contributed by atoms with Gasteiger partial charge in [0, 0.05) is 28.2 Å². The fourth-order valence-corrected chi connectivity index (χ4v) is 14.4. The summed E-state index contributed by atoms with van der Waals surface area (Å²) in [5.41, 5.74) is 3.84. The number of rotatable bonds is 10. The Labute approximate surface area is 344 Å². The number of nitrogens with zero attached hydrogens (tertiary/aromatic N) is 2. The van der Waals surface area contributed by atoms with Crippen LogP contribution in [0.15, 0.2) is 95.5 Å². The Morgan fingerprint density at radius 1 is 1.04 bits per heavy atom. The number of amides is 3. The Balaban J connectivity index is 1.15. The van der Waals surface area contributed by atoms with Gasteiger partial charge in [0.25, 0.3) is 5.91 Å². The highest BCUT2D eigenvalue weighted by atomic mass is 79.9. The predicted octanol–water partition coefficient (Wildman–Crippen LogP) is 6.25. The van der Waals surface area contributed by atoms with Crippen molar-refractivity contribution in [3.05, 3.63) is 118 Å². The fourth-order valence-electron chi connectivity index (χ4n) is 10.0. The number of aliphatic hydroxyl groups is 1. The van der Waals surface area contributed by atoms with Crippen molar-refractivity contribution >= 4 is 58.3 Å². The number of carbonyl (C=O) groups excluding carboxylic acids is 3. The maximum atomic E-state index is 15.4. The molecule has 3 N–H and O–H groups in total. The molecule has 8 rings (SSSR count). The number of halogens is 1. The molecule has 2 fully saturated rings. The van der Waals surface area contributed by atoms with Crippen molar-refractivity contribution in [2.75, 3.05) is 30.5 Å². The average Bonchev–Trinajstić information content (AvgIpc) is 3.91. The molecule has 4 aromatic rings. The first-order valence-electron chi connectivity index (χ1n) is 20.0. The third-order valence-electron chi connectivity index (χ3n) is 13.0. The third-order valence-corrected chi connectivity index (χ3v) is 17.8. The topological polar surface area (TPSA) is 120 Å². The zero-order valence-electron chi connectivity index (χ0n) is 33.0. The summed E-state index contributed by atoms with van der Waals surface area (Å²) in [7, 11) is -0.870. The van der Waals surface area contributed by atoms with Crippen LogP contribution in [0.4, 0.5) is 11.4 Å². The van der Waals surface area contributed by atoms with Crippen LogP contribution in [0.2, 0.25) is 18.6 Å². The molecule has 4 aliphatic rings. The average molecular weight is 852 g/mol. The fraction of sp³-hybridized carbons (Fsp3) is 0.400. The Morgan fingerprint density at radius 2 is 1.81 bits per heavy atom. The number of aliphatic hydroxyl groups excluding tert-OH is 1. The summed E-state index contributed by atoms with van der Waals surface area (Å²) >= 11 is 3.70. The molecule has 1 spiro atoms. The summed E-state index contributed by atoms with van der Waals surface area (Å²) in [4.78, 5) is 46.6. The van der Waals surface area contributed by atoms with Gasteiger partial charge in [-0.2, -0.15) is 0 Å². The SMILES string of the molecule is COc1ccc([Si](C)(C)[C@@H]2[C@@H](CC(=O)N3Cc4ccccc4C[C@H]3CO)O[C@]3(C(=O)N(Cc4cccc(NC(=O)[C@H]5CCCN5)c4)c4ccc(Br)cc43)[C@H]2C)cc1. The molecule has 6 atom stereocenters. The molecular formula is C45H51BrN4O6Si. The molecule has 0 aromatic heterocycles. The highest BCUT2D eigenvalue weighted by Gasteiger charge is 2.66. The van der Waals surface area contributed by atoms with Crippen LogP contribution in [0.3, 0.4) is 0 Å². The largest absolute Gasteiger partial charge is 0.497 e. The maximum absolute atomic E-state index is 15.4. The van der Waals surface area contributed by atoms with Crippen molar-refractivity contribution in [2.45, 2.75) is 88.1 Å². The van der Waals surface area contributed by atoms with E-state index < -0.39 is 19.8 Å². The zero-order chi connectivity index (χ0) is 40.1. The third kappa shape index (κ3) is 7.13. The minimum absolute atomic E-state index is 0.0569. The molecule has 10 nitrogen and oxygen atoms in total. The summed E-state index contributed by atoms with van der Waals surface area (Å²) in [5.74, 6) is 0.156. The Bertz CT molecular complexity index is 2180. The Hall–Kier alpha value is -4.33. The first-order valence-corrected chi connectivity index (χ1v) is 23.9. The summed E-state index contributed by atoms with van der Waals surface area (Å²) in [5, 5.41) is 18.0. The molecule has 0 radical (unpaired) electrons. The summed E-state index contributed by atoms with van der Waals surface area (Å²) < 4.78 is 13.6. The quantitative estimate of drug-likeness (QED) is 0.162. The zero-order valence-corrected chi connectivity index (χ0v) is 35.6. The van der Waals surface area contributed by atoms with Gasteiger partial charge in [0.2, 0.25) is 11.8 Å². The summed E-state index contributed by atoms with van der Waals surface area (Å²) in [6.45, 7) is 8.12. The van der Waals surface area contributed by atoms with E-state index >= 15 is 4.79 Å². The van der Waals surface area contributed by atoms with E-state index in [0.29, 0.717) is 18.7 Å². The van der Waals surface area contributed by atoms with Gasteiger partial charge in [0.1, 0.15) is 5.75 Å². The first-order chi connectivity index (χ1) is 27.4. The van der Waals surface area contributed by atoms with Crippen molar-refractivity contribution in [1.82, 2.24) is 10.2 Å². The number of hydrogen-bond acceptors (Lipinski definition) is 7. The molecule has 0 unspecified atom stereocenters. The number of carbonyl (C=O) groups is 3. The van der Waals surface area contributed by atoms with E-state index in [2.05, 4.69) is 64.8 Å². The molecule has 0 bridgehead atoms. The molecular weight excluding hydrogens is 801 g/mol. The maximum Gasteiger partial charge on any atom is 0.264 e. The van der Waals surface area contributed by atoms with E-state index in [1.807, 2.05) is 82.6 Å². The van der Waals surface area contributed by atoms with Crippen molar-refractivity contribution in [3.63, 3.8) is 0 Å². The lowest BCUT2D eigenvalue weighted by Crippen LogP contribution is -2.52. The van der Waals surface area contributed by atoms with Crippen LogP contribution >= 0.6 is 15.9 Å². The lowest BCUT2D eigenvalue weighted by atomic mass is 9.82. The van der Waals surface area contributed by atoms with E-state index in [0.717, 1.165) is 57.5 Å². The van der Waals surface area contributed by atoms with Gasteiger partial charge < -0.3 is 35.0 Å². The molecule has 2 saturated heterocycles. The van der Waals surface area contributed by atoms with E-state index in [4.69, 9.17) is 9.47 Å². The lowest BCUT2D eigenvalue weighted by Gasteiger charge is -2.39. The van der Waals surface area contributed by atoms with Gasteiger partial charge in [-0.1, -0.05) is 89.7 Å². The summed E-state index contributed by atoms with van der Waals surface area (Å²) in [6, 6.07) is 29.3. The monoisotopic (exact) mass is 850 g/mol. The van der Waals surface area contributed by atoms with Gasteiger partial charge in [-0.3, -0.25) is 14.4 Å². The number of nitrogens with one attached hydrogen (secondary N) is 2. The first kappa shape index (κ1) is 39.5. The molecule has 3 amide bonds. The van der Waals surface area contributed by atoms with Crippen molar-refractivity contribution in [1.29, 1.82) is 0 Å². The van der Waals surface area contributed by atoms with E-state index in [1.54, 1.807) is 7.11 Å². The minimum Gasteiger partial charge on any atom is -0.497 e. The summed E-state index contributed by atoms with van der Waals surface area (Å²) in [6.07, 6.45) is 1.86. The van der Waals surface area contributed by atoms with E-state index in [-0.39, 0.29) is 60.8 Å². The van der Waals surface area contributed by atoms with Crippen molar-refractivity contribution in [2.24, 2.45) is 5.92 Å². The number of ether oxygens (including phenoxy) is 2.